The van der Waals surface area contributed by atoms with Crippen LogP contribution in [-0.4, -0.2) is 48.9 Å². The van der Waals surface area contributed by atoms with E-state index >= 15 is 0 Å². The maximum Gasteiger partial charge on any atom is 0.166 e. The van der Waals surface area contributed by atoms with E-state index in [1.807, 2.05) is 35.7 Å². The van der Waals surface area contributed by atoms with E-state index in [4.69, 9.17) is 24.4 Å². The van der Waals surface area contributed by atoms with Gasteiger partial charge in [-0.2, -0.15) is 0 Å². The lowest BCUT2D eigenvalue weighted by Crippen LogP contribution is -2.34. The van der Waals surface area contributed by atoms with Gasteiger partial charge in [-0.05, 0) is 24.4 Å². The smallest absolute Gasteiger partial charge is 0.166 e. The summed E-state index contributed by atoms with van der Waals surface area (Å²) in [4.78, 5) is 0. The molecule has 4 N–H and O–H groups in total. The van der Waals surface area contributed by atoms with Crippen LogP contribution in [0.4, 0.5) is 0 Å². The lowest BCUT2D eigenvalue weighted by Gasteiger charge is -2.07. The number of nitrogens with one attached hydrogen (secondary N) is 4. The first-order chi connectivity index (χ1) is 7.70. The highest BCUT2D eigenvalue weighted by atomic mass is 33.1. The van der Waals surface area contributed by atoms with E-state index in [0.717, 1.165) is 24.6 Å². The van der Waals surface area contributed by atoms with Gasteiger partial charge in [-0.1, -0.05) is 21.6 Å². The molecule has 94 valence electrons. The summed E-state index contributed by atoms with van der Waals surface area (Å²) in [6.45, 7) is 1.78. The average molecular weight is 299 g/mol. The number of thiocarbonyl (C=S) groups is 2. The van der Waals surface area contributed by atoms with Crippen molar-refractivity contribution in [1.82, 2.24) is 21.3 Å². The second-order valence-electron chi connectivity index (χ2n) is 2.66. The van der Waals surface area contributed by atoms with Gasteiger partial charge in [0, 0.05) is 38.7 Å². The molecule has 0 unspecified atom stereocenters. The maximum absolute atomic E-state index is 4.95. The van der Waals surface area contributed by atoms with Crippen LogP contribution in [0.2, 0.25) is 0 Å². The van der Waals surface area contributed by atoms with Gasteiger partial charge in [-0.3, -0.25) is 0 Å². The Balaban J connectivity index is 3.10. The molecule has 0 aromatic carbocycles. The van der Waals surface area contributed by atoms with Crippen LogP contribution in [-0.2, 0) is 0 Å². The minimum Gasteiger partial charge on any atom is -0.366 e. The zero-order chi connectivity index (χ0) is 12.2. The normalized spacial score (nSPS) is 9.38. The first kappa shape index (κ1) is 16.1. The number of rotatable bonds is 7. The molecule has 0 aliphatic carbocycles. The van der Waals surface area contributed by atoms with Crippen molar-refractivity contribution in [3.63, 3.8) is 0 Å². The molecular weight excluding hydrogens is 280 g/mol. The molecule has 8 heteroatoms. The van der Waals surface area contributed by atoms with Gasteiger partial charge in [0.2, 0.25) is 0 Å². The van der Waals surface area contributed by atoms with Gasteiger partial charge in [0.15, 0.2) is 10.2 Å². The van der Waals surface area contributed by atoms with Crippen molar-refractivity contribution in [3.8, 4) is 0 Å². The van der Waals surface area contributed by atoms with Crippen molar-refractivity contribution < 1.29 is 0 Å². The minimum absolute atomic E-state index is 0.701. The molecule has 0 rings (SSSR count). The Morgan fingerprint density at radius 1 is 0.875 bits per heavy atom. The van der Waals surface area contributed by atoms with Gasteiger partial charge in [-0.15, -0.1) is 0 Å². The van der Waals surface area contributed by atoms with Gasteiger partial charge < -0.3 is 21.3 Å². The molecule has 0 amide bonds. The Kier molecular flexibility index (Phi) is 11.6. The van der Waals surface area contributed by atoms with Gasteiger partial charge in [0.25, 0.3) is 0 Å². The Morgan fingerprint density at radius 2 is 1.25 bits per heavy atom. The van der Waals surface area contributed by atoms with Crippen LogP contribution in [0.15, 0.2) is 0 Å². The van der Waals surface area contributed by atoms with Crippen molar-refractivity contribution in [3.05, 3.63) is 0 Å². The lowest BCUT2D eigenvalue weighted by molar-refractivity contribution is 0.943. The van der Waals surface area contributed by atoms with E-state index in [1.165, 1.54) is 0 Å². The van der Waals surface area contributed by atoms with Crippen LogP contribution in [0.5, 0.6) is 0 Å². The maximum atomic E-state index is 4.95. The van der Waals surface area contributed by atoms with Gasteiger partial charge in [-0.25, -0.2) is 0 Å². The van der Waals surface area contributed by atoms with Crippen molar-refractivity contribution in [2.75, 3.05) is 38.7 Å². The van der Waals surface area contributed by atoms with Crippen LogP contribution in [0.3, 0.4) is 0 Å². The Bertz CT molecular complexity index is 190. The Labute approximate surface area is 116 Å². The second kappa shape index (κ2) is 11.6. The zero-order valence-corrected chi connectivity index (χ0v) is 12.7. The third-order valence-corrected chi connectivity index (χ3v) is 4.58. The van der Waals surface area contributed by atoms with Crippen LogP contribution >= 0.6 is 46.0 Å². The third-order valence-electron chi connectivity index (χ3n) is 1.48. The molecular formula is C8H18N4S4. The molecule has 0 radical (unpaired) electrons. The van der Waals surface area contributed by atoms with Gasteiger partial charge >= 0.3 is 0 Å². The first-order valence-corrected chi connectivity index (χ1v) is 8.16. The highest BCUT2D eigenvalue weighted by Gasteiger charge is 1.94. The number of hydrogen-bond donors (Lipinski definition) is 4. The summed E-state index contributed by atoms with van der Waals surface area (Å²) in [5.74, 6) is 2.06. The van der Waals surface area contributed by atoms with E-state index in [2.05, 4.69) is 21.3 Å². The van der Waals surface area contributed by atoms with Crippen LogP contribution in [0, 0.1) is 0 Å². The summed E-state index contributed by atoms with van der Waals surface area (Å²) >= 11 is 9.89. The van der Waals surface area contributed by atoms with Crippen molar-refractivity contribution in [1.29, 1.82) is 0 Å². The summed E-state index contributed by atoms with van der Waals surface area (Å²) < 4.78 is 0. The Morgan fingerprint density at radius 3 is 1.56 bits per heavy atom. The predicted molar refractivity (Wildman–Crippen MR) is 84.2 cm³/mol. The molecule has 0 aliphatic heterocycles. The molecule has 0 aliphatic rings. The van der Waals surface area contributed by atoms with E-state index in [9.17, 15) is 0 Å². The fraction of sp³-hybridized carbons (Fsp3) is 0.750. The molecule has 0 saturated carbocycles. The van der Waals surface area contributed by atoms with Crippen LogP contribution < -0.4 is 21.3 Å². The molecule has 0 aromatic heterocycles. The Hall–Kier alpha value is 0.0800. The summed E-state index contributed by atoms with van der Waals surface area (Å²) in [6.07, 6.45) is 0. The first-order valence-electron chi connectivity index (χ1n) is 4.86. The van der Waals surface area contributed by atoms with E-state index in [0.29, 0.717) is 10.2 Å². The van der Waals surface area contributed by atoms with E-state index in [-0.39, 0.29) is 0 Å². The van der Waals surface area contributed by atoms with E-state index in [1.54, 1.807) is 0 Å². The number of hydrogen-bond acceptors (Lipinski definition) is 4. The molecule has 0 heterocycles. The molecule has 0 saturated heterocycles. The third kappa shape index (κ3) is 10.6. The lowest BCUT2D eigenvalue weighted by atomic mass is 10.7. The molecule has 0 aromatic rings. The zero-order valence-electron chi connectivity index (χ0n) is 9.46. The SMILES string of the molecule is CNC(=S)NCCSSCCNC(=S)NC. The predicted octanol–water partition coefficient (Wildman–Crippen LogP) is 0.556. The molecule has 0 spiro atoms. The summed E-state index contributed by atoms with van der Waals surface area (Å²) in [5, 5.41) is 13.3. The topological polar surface area (TPSA) is 48.1 Å². The van der Waals surface area contributed by atoms with Crippen molar-refractivity contribution in [2.45, 2.75) is 0 Å². The second-order valence-corrected chi connectivity index (χ2v) is 6.17. The largest absolute Gasteiger partial charge is 0.366 e. The van der Waals surface area contributed by atoms with Crippen molar-refractivity contribution >= 4 is 56.2 Å². The van der Waals surface area contributed by atoms with Crippen molar-refractivity contribution in [2.24, 2.45) is 0 Å². The van der Waals surface area contributed by atoms with Gasteiger partial charge in [0.05, 0.1) is 0 Å². The fourth-order valence-electron chi connectivity index (χ4n) is 0.707. The molecule has 0 atom stereocenters. The quantitative estimate of drug-likeness (QED) is 0.309. The molecule has 0 fully saturated rings. The average Bonchev–Trinajstić information content (AvgIpc) is 2.31. The van der Waals surface area contributed by atoms with E-state index < -0.39 is 0 Å². The van der Waals surface area contributed by atoms with Crippen LogP contribution in [0.25, 0.3) is 0 Å². The summed E-state index contributed by atoms with van der Waals surface area (Å²) in [5.41, 5.74) is 0. The molecule has 16 heavy (non-hydrogen) atoms. The fourth-order valence-corrected chi connectivity index (χ4v) is 2.72. The van der Waals surface area contributed by atoms with Gasteiger partial charge in [0.1, 0.15) is 0 Å². The monoisotopic (exact) mass is 298 g/mol. The highest BCUT2D eigenvalue weighted by molar-refractivity contribution is 8.76. The minimum atomic E-state index is 0.701. The standard InChI is InChI=1S/C8H18N4S4/c1-9-7(13)11-3-5-15-16-6-4-12-8(14)10-2/h3-6H2,1-2H3,(H2,9,11,13)(H2,10,12,14). The molecule has 0 bridgehead atoms. The summed E-state index contributed by atoms with van der Waals surface area (Å²) in [6, 6.07) is 0. The van der Waals surface area contributed by atoms with Crippen LogP contribution in [0.1, 0.15) is 0 Å². The molecule has 4 nitrogen and oxygen atoms in total. The highest BCUT2D eigenvalue weighted by Crippen LogP contribution is 2.19. The summed E-state index contributed by atoms with van der Waals surface area (Å²) in [7, 11) is 7.28.